The first-order chi connectivity index (χ1) is 8.82. The van der Waals surface area contributed by atoms with Gasteiger partial charge in [-0.2, -0.15) is 0 Å². The number of benzene rings is 1. The van der Waals surface area contributed by atoms with Crippen molar-refractivity contribution in [1.82, 2.24) is 0 Å². The molecular formula is C13H11ClNO4-. The number of nitrogens with one attached hydrogen (secondary N) is 1. The Balaban J connectivity index is 2.82. The fraction of sp³-hybridized carbons (Fsp3) is 0.154. The molecule has 0 aliphatic rings. The molecule has 1 rings (SSSR count). The minimum Gasteiger partial charge on any atom is -0.548 e. The number of anilines is 1. The summed E-state index contributed by atoms with van der Waals surface area (Å²) in [7, 11) is 0. The number of carboxylic acids is 1. The summed E-state index contributed by atoms with van der Waals surface area (Å²) in [5, 5.41) is 11.3. The topological polar surface area (TPSA) is 86.3 Å². The Labute approximate surface area is 114 Å². The maximum Gasteiger partial charge on any atom is 0.250 e. The molecule has 6 heteroatoms. The van der Waals surface area contributed by atoms with Gasteiger partial charge in [0.15, 0.2) is 5.78 Å². The number of carbonyl (C=O) groups excluding carboxylic acids is 3. The van der Waals surface area contributed by atoms with Gasteiger partial charge in [0.1, 0.15) is 5.38 Å². The van der Waals surface area contributed by atoms with Gasteiger partial charge in [-0.3, -0.25) is 9.59 Å². The van der Waals surface area contributed by atoms with Crippen molar-refractivity contribution in [1.29, 1.82) is 0 Å². The van der Waals surface area contributed by atoms with E-state index in [1.807, 2.05) is 0 Å². The van der Waals surface area contributed by atoms with Crippen LogP contribution in [0, 0.1) is 0 Å². The minimum absolute atomic E-state index is 0.123. The molecule has 0 heterocycles. The van der Waals surface area contributed by atoms with E-state index in [0.29, 0.717) is 11.3 Å². The maximum atomic E-state index is 11.6. The average Bonchev–Trinajstić information content (AvgIpc) is 2.37. The molecular weight excluding hydrogens is 270 g/mol. The number of ketones is 1. The third-order valence-corrected chi connectivity index (χ3v) is 2.63. The number of carbonyl (C=O) groups is 3. The van der Waals surface area contributed by atoms with Gasteiger partial charge in [0.25, 0.3) is 5.91 Å². The van der Waals surface area contributed by atoms with E-state index < -0.39 is 17.1 Å². The van der Waals surface area contributed by atoms with Crippen molar-refractivity contribution in [2.75, 3.05) is 5.32 Å². The first kappa shape index (κ1) is 14.9. The Bertz CT molecular complexity index is 536. The van der Waals surface area contributed by atoms with Crippen LogP contribution in [0.3, 0.4) is 0 Å². The number of amides is 1. The summed E-state index contributed by atoms with van der Waals surface area (Å²) in [6, 6.07) is 5.67. The van der Waals surface area contributed by atoms with E-state index in [2.05, 4.69) is 11.9 Å². The van der Waals surface area contributed by atoms with E-state index in [0.717, 1.165) is 0 Å². The molecule has 0 radical (unpaired) electrons. The second kappa shape index (κ2) is 6.15. The zero-order valence-electron chi connectivity index (χ0n) is 10.1. The molecule has 0 aliphatic heterocycles. The highest BCUT2D eigenvalue weighted by molar-refractivity contribution is 6.42. The largest absolute Gasteiger partial charge is 0.548 e. The van der Waals surface area contributed by atoms with Gasteiger partial charge in [-0.25, -0.2) is 0 Å². The Morgan fingerprint density at radius 3 is 2.21 bits per heavy atom. The van der Waals surface area contributed by atoms with Gasteiger partial charge in [-0.15, -0.1) is 11.6 Å². The summed E-state index contributed by atoms with van der Waals surface area (Å²) in [6.45, 7) is 5.04. The van der Waals surface area contributed by atoms with Crippen molar-refractivity contribution >= 4 is 34.9 Å². The van der Waals surface area contributed by atoms with Gasteiger partial charge in [-0.05, 0) is 31.2 Å². The molecule has 0 saturated heterocycles. The SMILES string of the molecule is C=C(C)C(=O)Nc1ccc(C(=O)C(Cl)C(=O)[O-])cc1. The molecule has 1 aromatic carbocycles. The first-order valence-corrected chi connectivity index (χ1v) is 5.72. The van der Waals surface area contributed by atoms with E-state index in [1.54, 1.807) is 6.92 Å². The highest BCUT2D eigenvalue weighted by Gasteiger charge is 2.18. The number of alkyl halides is 1. The van der Waals surface area contributed by atoms with Crippen LogP contribution in [0.2, 0.25) is 0 Å². The van der Waals surface area contributed by atoms with Crippen molar-refractivity contribution in [2.45, 2.75) is 12.3 Å². The lowest BCUT2D eigenvalue weighted by atomic mass is 10.1. The molecule has 1 aromatic rings. The highest BCUT2D eigenvalue weighted by Crippen LogP contribution is 2.13. The number of halogens is 1. The van der Waals surface area contributed by atoms with Crippen molar-refractivity contribution in [3.8, 4) is 0 Å². The van der Waals surface area contributed by atoms with Crippen molar-refractivity contribution in [3.05, 3.63) is 42.0 Å². The van der Waals surface area contributed by atoms with Crippen LogP contribution in [0.1, 0.15) is 17.3 Å². The second-order valence-corrected chi connectivity index (χ2v) is 4.29. The number of aliphatic carboxylic acids is 1. The van der Waals surface area contributed by atoms with Gasteiger partial charge in [0.05, 0.1) is 5.97 Å². The molecule has 0 spiro atoms. The van der Waals surface area contributed by atoms with Crippen LogP contribution < -0.4 is 10.4 Å². The van der Waals surface area contributed by atoms with Crippen molar-refractivity contribution in [2.24, 2.45) is 0 Å². The molecule has 1 N–H and O–H groups in total. The lowest BCUT2D eigenvalue weighted by Gasteiger charge is -2.10. The first-order valence-electron chi connectivity index (χ1n) is 5.29. The molecule has 0 aromatic heterocycles. The van der Waals surface area contributed by atoms with Crippen LogP contribution in [0.5, 0.6) is 0 Å². The number of carboxylic acid groups (broad SMARTS) is 1. The van der Waals surface area contributed by atoms with E-state index in [1.165, 1.54) is 24.3 Å². The number of hydrogen-bond donors (Lipinski definition) is 1. The number of Topliss-reactive ketones (excluding diaryl/α,β-unsaturated/α-hetero) is 1. The van der Waals surface area contributed by atoms with E-state index in [9.17, 15) is 19.5 Å². The van der Waals surface area contributed by atoms with E-state index in [4.69, 9.17) is 11.6 Å². The van der Waals surface area contributed by atoms with E-state index in [-0.39, 0.29) is 11.5 Å². The van der Waals surface area contributed by atoms with Crippen LogP contribution in [-0.2, 0) is 9.59 Å². The summed E-state index contributed by atoms with van der Waals surface area (Å²) >= 11 is 5.37. The van der Waals surface area contributed by atoms with Crippen molar-refractivity contribution in [3.63, 3.8) is 0 Å². The molecule has 0 aliphatic carbocycles. The number of hydrogen-bond acceptors (Lipinski definition) is 4. The van der Waals surface area contributed by atoms with Gasteiger partial charge < -0.3 is 15.2 Å². The Kier molecular flexibility index (Phi) is 4.83. The molecule has 0 bridgehead atoms. The molecule has 0 fully saturated rings. The standard InChI is InChI=1S/C13H12ClNO4/c1-7(2)12(17)15-9-5-3-8(4-6-9)11(16)10(14)13(18)19/h3-6,10H,1H2,2H3,(H,15,17)(H,18,19)/p-1. The fourth-order valence-corrected chi connectivity index (χ4v) is 1.33. The molecule has 1 atom stereocenters. The minimum atomic E-state index is -1.73. The molecule has 0 saturated carbocycles. The summed E-state index contributed by atoms with van der Waals surface area (Å²) in [5.41, 5.74) is 0.930. The van der Waals surface area contributed by atoms with Gasteiger partial charge in [0.2, 0.25) is 0 Å². The second-order valence-electron chi connectivity index (χ2n) is 3.86. The molecule has 5 nitrogen and oxygen atoms in total. The fourth-order valence-electron chi connectivity index (χ4n) is 1.21. The maximum absolute atomic E-state index is 11.6. The quantitative estimate of drug-likeness (QED) is 0.373. The van der Waals surface area contributed by atoms with Crippen LogP contribution in [0.4, 0.5) is 5.69 Å². The highest BCUT2D eigenvalue weighted by atomic mass is 35.5. The van der Waals surface area contributed by atoms with Gasteiger partial charge >= 0.3 is 0 Å². The normalized spacial score (nSPS) is 11.5. The predicted molar refractivity (Wildman–Crippen MR) is 68.9 cm³/mol. The van der Waals surface area contributed by atoms with Crippen LogP contribution in [0.25, 0.3) is 0 Å². The Morgan fingerprint density at radius 1 is 1.26 bits per heavy atom. The lowest BCUT2D eigenvalue weighted by molar-refractivity contribution is -0.303. The molecule has 19 heavy (non-hydrogen) atoms. The van der Waals surface area contributed by atoms with Crippen LogP contribution >= 0.6 is 11.6 Å². The number of rotatable bonds is 5. The zero-order valence-corrected chi connectivity index (χ0v) is 10.9. The van der Waals surface area contributed by atoms with Crippen molar-refractivity contribution < 1.29 is 19.5 Å². The monoisotopic (exact) mass is 280 g/mol. The molecule has 100 valence electrons. The Morgan fingerprint density at radius 2 is 1.79 bits per heavy atom. The summed E-state index contributed by atoms with van der Waals surface area (Å²) in [6.07, 6.45) is 0. The smallest absolute Gasteiger partial charge is 0.250 e. The average molecular weight is 281 g/mol. The van der Waals surface area contributed by atoms with Gasteiger partial charge in [0, 0.05) is 16.8 Å². The third kappa shape index (κ3) is 3.93. The molecule has 1 unspecified atom stereocenters. The third-order valence-electron chi connectivity index (χ3n) is 2.25. The van der Waals surface area contributed by atoms with Crippen LogP contribution in [0.15, 0.2) is 36.4 Å². The zero-order chi connectivity index (χ0) is 14.6. The molecule has 1 amide bonds. The summed E-state index contributed by atoms with van der Waals surface area (Å²) in [4.78, 5) is 33.4. The summed E-state index contributed by atoms with van der Waals surface area (Å²) in [5.74, 6) is -2.75. The predicted octanol–water partition coefficient (Wildman–Crippen LogP) is 0.741. The van der Waals surface area contributed by atoms with Crippen LogP contribution in [-0.4, -0.2) is 23.0 Å². The van der Waals surface area contributed by atoms with Gasteiger partial charge in [-0.1, -0.05) is 6.58 Å². The lowest BCUT2D eigenvalue weighted by Crippen LogP contribution is -2.37. The van der Waals surface area contributed by atoms with E-state index >= 15 is 0 Å². The summed E-state index contributed by atoms with van der Waals surface area (Å²) < 4.78 is 0. The Hall–Kier alpha value is -2.14.